The van der Waals surface area contributed by atoms with Gasteiger partial charge in [0.2, 0.25) is 5.95 Å². The SMILES string of the molecule is Cn1c(N2CCNC(c3cccc(Br)c3)C2)nc(-c2ccncc2)cc1=O. The van der Waals surface area contributed by atoms with Gasteiger partial charge in [-0.15, -0.1) is 0 Å². The van der Waals surface area contributed by atoms with E-state index in [-0.39, 0.29) is 11.6 Å². The second-order valence-electron chi connectivity index (χ2n) is 6.58. The van der Waals surface area contributed by atoms with Crippen LogP contribution in [0.5, 0.6) is 0 Å². The molecule has 2 aromatic heterocycles. The first-order chi connectivity index (χ1) is 13.1. The van der Waals surface area contributed by atoms with Crippen LogP contribution in [0.1, 0.15) is 11.6 Å². The zero-order valence-corrected chi connectivity index (χ0v) is 16.6. The van der Waals surface area contributed by atoms with Gasteiger partial charge < -0.3 is 10.2 Å². The third-order valence-electron chi connectivity index (χ3n) is 4.80. The standard InChI is InChI=1S/C20H20BrN5O/c1-25-19(27)12-17(14-5-7-22-8-6-14)24-20(25)26-10-9-23-18(13-26)15-3-2-4-16(21)11-15/h2-8,11-12,18,23H,9-10,13H2,1H3. The Bertz CT molecular complexity index is 1000. The summed E-state index contributed by atoms with van der Waals surface area (Å²) in [6, 6.07) is 13.8. The number of pyridine rings is 1. The Balaban J connectivity index is 1.68. The molecule has 0 bridgehead atoms. The molecule has 1 atom stereocenters. The number of anilines is 1. The molecule has 1 fully saturated rings. The maximum Gasteiger partial charge on any atom is 0.255 e. The summed E-state index contributed by atoms with van der Waals surface area (Å²) < 4.78 is 2.68. The predicted molar refractivity (Wildman–Crippen MR) is 110 cm³/mol. The number of piperazine rings is 1. The monoisotopic (exact) mass is 425 g/mol. The van der Waals surface area contributed by atoms with Gasteiger partial charge in [-0.25, -0.2) is 4.98 Å². The maximum atomic E-state index is 12.5. The smallest absolute Gasteiger partial charge is 0.255 e. The Morgan fingerprint density at radius 3 is 2.78 bits per heavy atom. The van der Waals surface area contributed by atoms with Crippen LogP contribution >= 0.6 is 15.9 Å². The number of aromatic nitrogens is 3. The number of halogens is 1. The molecule has 0 saturated carbocycles. The fraction of sp³-hybridized carbons (Fsp3) is 0.250. The molecule has 1 unspecified atom stereocenters. The summed E-state index contributed by atoms with van der Waals surface area (Å²) in [5.41, 5.74) is 2.71. The molecule has 1 saturated heterocycles. The minimum Gasteiger partial charge on any atom is -0.339 e. The minimum absolute atomic E-state index is 0.0654. The Kier molecular flexibility index (Phi) is 5.05. The highest BCUT2D eigenvalue weighted by Crippen LogP contribution is 2.24. The van der Waals surface area contributed by atoms with E-state index in [1.165, 1.54) is 5.56 Å². The zero-order chi connectivity index (χ0) is 18.8. The largest absolute Gasteiger partial charge is 0.339 e. The summed E-state index contributed by atoms with van der Waals surface area (Å²) in [7, 11) is 1.77. The van der Waals surface area contributed by atoms with Gasteiger partial charge in [-0.2, -0.15) is 0 Å². The van der Waals surface area contributed by atoms with E-state index in [1.54, 1.807) is 30.1 Å². The molecule has 0 spiro atoms. The van der Waals surface area contributed by atoms with Crippen LogP contribution in [0.25, 0.3) is 11.3 Å². The highest BCUT2D eigenvalue weighted by atomic mass is 79.9. The average molecular weight is 426 g/mol. The van der Waals surface area contributed by atoms with Crippen molar-refractivity contribution in [1.82, 2.24) is 19.9 Å². The number of benzene rings is 1. The van der Waals surface area contributed by atoms with Gasteiger partial charge in [-0.3, -0.25) is 14.3 Å². The third-order valence-corrected chi connectivity index (χ3v) is 5.29. The predicted octanol–water partition coefficient (Wildman–Crippen LogP) is 2.76. The van der Waals surface area contributed by atoms with Crippen molar-refractivity contribution in [1.29, 1.82) is 0 Å². The van der Waals surface area contributed by atoms with Crippen LogP contribution in [0.3, 0.4) is 0 Å². The van der Waals surface area contributed by atoms with Gasteiger partial charge in [0.25, 0.3) is 5.56 Å². The van der Waals surface area contributed by atoms with E-state index in [0.29, 0.717) is 11.6 Å². The van der Waals surface area contributed by atoms with Gasteiger partial charge in [0.15, 0.2) is 0 Å². The van der Waals surface area contributed by atoms with Crippen molar-refractivity contribution in [3.63, 3.8) is 0 Å². The lowest BCUT2D eigenvalue weighted by molar-refractivity contribution is 0.462. The molecule has 6 nitrogen and oxygen atoms in total. The van der Waals surface area contributed by atoms with Crippen molar-refractivity contribution < 1.29 is 0 Å². The van der Waals surface area contributed by atoms with E-state index in [2.05, 4.69) is 43.3 Å². The van der Waals surface area contributed by atoms with Crippen LogP contribution in [0.4, 0.5) is 5.95 Å². The van der Waals surface area contributed by atoms with Crippen molar-refractivity contribution in [3.05, 3.63) is 75.2 Å². The molecule has 7 heteroatoms. The van der Waals surface area contributed by atoms with Crippen LogP contribution in [-0.4, -0.2) is 34.2 Å². The fourth-order valence-electron chi connectivity index (χ4n) is 3.36. The van der Waals surface area contributed by atoms with E-state index >= 15 is 0 Å². The van der Waals surface area contributed by atoms with Crippen LogP contribution in [0.15, 0.2) is 64.1 Å². The topological polar surface area (TPSA) is 63.1 Å². The molecule has 0 aliphatic carbocycles. The van der Waals surface area contributed by atoms with E-state index in [9.17, 15) is 4.79 Å². The Morgan fingerprint density at radius 2 is 2.00 bits per heavy atom. The van der Waals surface area contributed by atoms with Crippen molar-refractivity contribution >= 4 is 21.9 Å². The highest BCUT2D eigenvalue weighted by molar-refractivity contribution is 9.10. The lowest BCUT2D eigenvalue weighted by Crippen LogP contribution is -2.47. The number of hydrogen-bond acceptors (Lipinski definition) is 5. The van der Waals surface area contributed by atoms with E-state index in [0.717, 1.165) is 29.7 Å². The van der Waals surface area contributed by atoms with Gasteiger partial charge in [0.1, 0.15) is 0 Å². The van der Waals surface area contributed by atoms with E-state index in [4.69, 9.17) is 4.98 Å². The second kappa shape index (κ2) is 7.62. The summed E-state index contributed by atoms with van der Waals surface area (Å²) in [4.78, 5) is 23.5. The van der Waals surface area contributed by atoms with Crippen molar-refractivity contribution in [3.8, 4) is 11.3 Å². The van der Waals surface area contributed by atoms with Crippen molar-refractivity contribution in [2.45, 2.75) is 6.04 Å². The van der Waals surface area contributed by atoms with Crippen LogP contribution in [-0.2, 0) is 7.05 Å². The summed E-state index contributed by atoms with van der Waals surface area (Å²) in [5, 5.41) is 3.56. The molecular weight excluding hydrogens is 406 g/mol. The van der Waals surface area contributed by atoms with Crippen LogP contribution in [0, 0.1) is 0 Å². The van der Waals surface area contributed by atoms with Gasteiger partial charge >= 0.3 is 0 Å². The van der Waals surface area contributed by atoms with Gasteiger partial charge in [0.05, 0.1) is 5.69 Å². The first-order valence-electron chi connectivity index (χ1n) is 8.84. The first-order valence-corrected chi connectivity index (χ1v) is 9.63. The molecule has 4 rings (SSSR count). The quantitative estimate of drug-likeness (QED) is 0.698. The molecule has 0 radical (unpaired) electrons. The molecule has 138 valence electrons. The molecule has 1 aliphatic heterocycles. The molecule has 1 N–H and O–H groups in total. The molecule has 1 aromatic carbocycles. The second-order valence-corrected chi connectivity index (χ2v) is 7.50. The summed E-state index contributed by atoms with van der Waals surface area (Å²) >= 11 is 3.54. The van der Waals surface area contributed by atoms with Gasteiger partial charge in [-0.1, -0.05) is 28.1 Å². The Labute approximate surface area is 166 Å². The van der Waals surface area contributed by atoms with E-state index < -0.39 is 0 Å². The number of nitrogens with one attached hydrogen (secondary N) is 1. The zero-order valence-electron chi connectivity index (χ0n) is 15.0. The number of nitrogens with zero attached hydrogens (tertiary/aromatic N) is 4. The van der Waals surface area contributed by atoms with E-state index in [1.807, 2.05) is 24.3 Å². The molecule has 27 heavy (non-hydrogen) atoms. The highest BCUT2D eigenvalue weighted by Gasteiger charge is 2.24. The Morgan fingerprint density at radius 1 is 1.19 bits per heavy atom. The van der Waals surface area contributed by atoms with Gasteiger partial charge in [-0.05, 0) is 29.8 Å². The van der Waals surface area contributed by atoms with Crippen molar-refractivity contribution in [2.75, 3.05) is 24.5 Å². The Hall–Kier alpha value is -2.51. The third kappa shape index (κ3) is 3.79. The molecule has 3 aromatic rings. The van der Waals surface area contributed by atoms with Crippen LogP contribution in [0.2, 0.25) is 0 Å². The lowest BCUT2D eigenvalue weighted by Gasteiger charge is -2.35. The molecule has 1 aliphatic rings. The van der Waals surface area contributed by atoms with Gasteiger partial charge in [0, 0.05) is 61.2 Å². The fourth-order valence-corrected chi connectivity index (χ4v) is 3.78. The minimum atomic E-state index is -0.0654. The summed E-state index contributed by atoms with van der Waals surface area (Å²) in [6.07, 6.45) is 3.42. The lowest BCUT2D eigenvalue weighted by atomic mass is 10.0. The normalized spacial score (nSPS) is 17.1. The van der Waals surface area contributed by atoms with Crippen molar-refractivity contribution in [2.24, 2.45) is 7.05 Å². The number of hydrogen-bond donors (Lipinski definition) is 1. The summed E-state index contributed by atoms with van der Waals surface area (Å²) in [5.74, 6) is 0.691. The maximum absolute atomic E-state index is 12.5. The first kappa shape index (κ1) is 17.9. The molecule has 0 amide bonds. The summed E-state index contributed by atoms with van der Waals surface area (Å²) in [6.45, 7) is 2.37. The molecule has 3 heterocycles. The molecular formula is C20H20BrN5O. The average Bonchev–Trinajstić information content (AvgIpc) is 2.71. The van der Waals surface area contributed by atoms with Crippen LogP contribution < -0.4 is 15.8 Å². The number of rotatable bonds is 3.